The smallest absolute Gasteiger partial charge is 0.230 e. The van der Waals surface area contributed by atoms with Gasteiger partial charge < -0.3 is 5.32 Å². The van der Waals surface area contributed by atoms with Crippen molar-refractivity contribution in [2.24, 2.45) is 0 Å². The zero-order valence-corrected chi connectivity index (χ0v) is 10.5. The summed E-state index contributed by atoms with van der Waals surface area (Å²) < 4.78 is 24.2. The van der Waals surface area contributed by atoms with Gasteiger partial charge in [-0.2, -0.15) is 0 Å². The van der Waals surface area contributed by atoms with Crippen LogP contribution in [0.5, 0.6) is 0 Å². The zero-order chi connectivity index (χ0) is 12.2. The van der Waals surface area contributed by atoms with E-state index < -0.39 is 10.0 Å². The summed E-state index contributed by atoms with van der Waals surface area (Å²) in [7, 11) is -3.25. The molecule has 1 heterocycles. The lowest BCUT2D eigenvalue weighted by molar-refractivity contribution is 0.606. The van der Waals surface area contributed by atoms with E-state index in [4.69, 9.17) is 0 Å². The molecule has 0 radical (unpaired) electrons. The molecule has 1 rings (SSSR count). The van der Waals surface area contributed by atoms with Gasteiger partial charge in [0.05, 0.1) is 18.1 Å². The van der Waals surface area contributed by atoms with Gasteiger partial charge in [-0.25, -0.2) is 13.4 Å². The minimum absolute atomic E-state index is 0.331. The molecular formula is C10H17N3O2S. The van der Waals surface area contributed by atoms with Crippen molar-refractivity contribution in [2.45, 2.75) is 26.3 Å². The molecule has 1 atom stereocenters. The summed E-state index contributed by atoms with van der Waals surface area (Å²) in [5.74, 6) is 0.331. The molecule has 0 aliphatic rings. The third kappa shape index (κ3) is 4.48. The second-order valence-electron chi connectivity index (χ2n) is 3.76. The van der Waals surface area contributed by atoms with Crippen LogP contribution in [0.25, 0.3) is 0 Å². The molecule has 0 aliphatic carbocycles. The average Bonchev–Trinajstić information content (AvgIpc) is 2.18. The minimum atomic E-state index is -3.25. The fraction of sp³-hybridized carbons (Fsp3) is 0.500. The summed E-state index contributed by atoms with van der Waals surface area (Å²) in [6.45, 7) is 4.16. The van der Waals surface area contributed by atoms with Gasteiger partial charge in [0.15, 0.2) is 0 Å². The van der Waals surface area contributed by atoms with Gasteiger partial charge in [-0.05, 0) is 25.5 Å². The van der Waals surface area contributed by atoms with Gasteiger partial charge in [0.1, 0.15) is 5.82 Å². The summed E-state index contributed by atoms with van der Waals surface area (Å²) in [5, 5.41) is 3.24. The van der Waals surface area contributed by atoms with Gasteiger partial charge >= 0.3 is 0 Å². The third-order valence-corrected chi connectivity index (χ3v) is 2.66. The van der Waals surface area contributed by atoms with E-state index in [1.165, 1.54) is 0 Å². The molecule has 16 heavy (non-hydrogen) atoms. The molecule has 0 spiro atoms. The van der Waals surface area contributed by atoms with E-state index in [9.17, 15) is 8.42 Å². The van der Waals surface area contributed by atoms with Crippen LogP contribution < -0.4 is 10.0 Å². The topological polar surface area (TPSA) is 71.1 Å². The maximum Gasteiger partial charge on any atom is 0.230 e. The highest BCUT2D eigenvalue weighted by Crippen LogP contribution is 2.12. The zero-order valence-electron chi connectivity index (χ0n) is 9.69. The van der Waals surface area contributed by atoms with E-state index in [2.05, 4.69) is 28.9 Å². The number of hydrogen-bond acceptors (Lipinski definition) is 4. The first-order chi connectivity index (χ1) is 7.40. The number of anilines is 2. The highest BCUT2D eigenvalue weighted by atomic mass is 32.2. The van der Waals surface area contributed by atoms with Crippen molar-refractivity contribution in [1.82, 2.24) is 4.98 Å². The van der Waals surface area contributed by atoms with E-state index in [1.807, 2.05) is 0 Å². The summed E-state index contributed by atoms with van der Waals surface area (Å²) in [6, 6.07) is 3.80. The molecule has 90 valence electrons. The second-order valence-corrected chi connectivity index (χ2v) is 5.51. The Morgan fingerprint density at radius 3 is 2.56 bits per heavy atom. The Kier molecular flexibility index (Phi) is 4.12. The molecule has 0 amide bonds. The van der Waals surface area contributed by atoms with Crippen LogP contribution in [0.15, 0.2) is 18.3 Å². The van der Waals surface area contributed by atoms with Gasteiger partial charge in [-0.3, -0.25) is 4.72 Å². The van der Waals surface area contributed by atoms with Crippen LogP contribution in [0.2, 0.25) is 0 Å². The first-order valence-electron chi connectivity index (χ1n) is 5.11. The third-order valence-electron chi connectivity index (χ3n) is 2.08. The minimum Gasteiger partial charge on any atom is -0.381 e. The maximum absolute atomic E-state index is 10.9. The molecule has 0 aliphatic heterocycles. The molecule has 1 unspecified atom stereocenters. The summed E-state index contributed by atoms with van der Waals surface area (Å²) >= 11 is 0. The Bertz CT molecular complexity index is 428. The van der Waals surface area contributed by atoms with Crippen LogP contribution in [0, 0.1) is 0 Å². The molecule has 1 aromatic heterocycles. The van der Waals surface area contributed by atoms with Crippen LogP contribution in [-0.2, 0) is 10.0 Å². The van der Waals surface area contributed by atoms with Crippen LogP contribution in [-0.4, -0.2) is 25.7 Å². The average molecular weight is 243 g/mol. The van der Waals surface area contributed by atoms with Crippen molar-refractivity contribution >= 4 is 21.5 Å². The molecule has 0 bridgehead atoms. The highest BCUT2D eigenvalue weighted by molar-refractivity contribution is 7.92. The fourth-order valence-corrected chi connectivity index (χ4v) is 1.62. The first kappa shape index (κ1) is 12.8. The normalized spacial score (nSPS) is 13.2. The van der Waals surface area contributed by atoms with E-state index >= 15 is 0 Å². The lowest BCUT2D eigenvalue weighted by Gasteiger charge is -2.12. The molecule has 6 heteroatoms. The van der Waals surface area contributed by atoms with Crippen LogP contribution in [0.3, 0.4) is 0 Å². The molecule has 0 saturated heterocycles. The molecule has 0 saturated carbocycles. The fourth-order valence-electron chi connectivity index (χ4n) is 1.12. The Labute approximate surface area is 96.3 Å². The van der Waals surface area contributed by atoms with Crippen molar-refractivity contribution < 1.29 is 8.42 Å². The van der Waals surface area contributed by atoms with Gasteiger partial charge in [0.25, 0.3) is 0 Å². The summed E-state index contributed by atoms with van der Waals surface area (Å²) in [5.41, 5.74) is 0.883. The second kappa shape index (κ2) is 5.16. The molecule has 5 nitrogen and oxygen atoms in total. The van der Waals surface area contributed by atoms with E-state index in [1.54, 1.807) is 18.3 Å². The Hall–Kier alpha value is -1.30. The van der Waals surface area contributed by atoms with Gasteiger partial charge in [0, 0.05) is 6.04 Å². The van der Waals surface area contributed by atoms with E-state index in [0.29, 0.717) is 11.9 Å². The molecule has 0 fully saturated rings. The highest BCUT2D eigenvalue weighted by Gasteiger charge is 2.03. The Morgan fingerprint density at radius 2 is 2.12 bits per heavy atom. The van der Waals surface area contributed by atoms with E-state index in [0.717, 1.165) is 18.4 Å². The standard InChI is InChI=1S/C10H17N3O2S/c1-4-8(2)12-9-5-6-10(11-7-9)13-16(3,14)15/h5-8,12H,4H2,1-3H3,(H,11,13). The van der Waals surface area contributed by atoms with Crippen LogP contribution in [0.1, 0.15) is 20.3 Å². The predicted molar refractivity (Wildman–Crippen MR) is 66.1 cm³/mol. The number of aromatic nitrogens is 1. The van der Waals surface area contributed by atoms with Crippen molar-refractivity contribution in [1.29, 1.82) is 0 Å². The lowest BCUT2D eigenvalue weighted by Crippen LogP contribution is -2.14. The van der Waals surface area contributed by atoms with Gasteiger partial charge in [-0.15, -0.1) is 0 Å². The van der Waals surface area contributed by atoms with Crippen molar-refractivity contribution in [3.05, 3.63) is 18.3 Å². The number of pyridine rings is 1. The predicted octanol–water partition coefficient (Wildman–Crippen LogP) is 1.66. The Morgan fingerprint density at radius 1 is 1.44 bits per heavy atom. The number of rotatable bonds is 5. The number of nitrogens with zero attached hydrogens (tertiary/aromatic N) is 1. The first-order valence-corrected chi connectivity index (χ1v) is 7.00. The number of hydrogen-bond donors (Lipinski definition) is 2. The SMILES string of the molecule is CCC(C)Nc1ccc(NS(C)(=O)=O)nc1. The van der Waals surface area contributed by atoms with Crippen LogP contribution >= 0.6 is 0 Å². The molecule has 0 aromatic carbocycles. The lowest BCUT2D eigenvalue weighted by atomic mass is 10.2. The van der Waals surface area contributed by atoms with Crippen molar-refractivity contribution in [3.8, 4) is 0 Å². The quantitative estimate of drug-likeness (QED) is 0.825. The van der Waals surface area contributed by atoms with Gasteiger partial charge in [-0.1, -0.05) is 6.92 Å². The van der Waals surface area contributed by atoms with E-state index in [-0.39, 0.29) is 0 Å². The van der Waals surface area contributed by atoms with Gasteiger partial charge in [0.2, 0.25) is 10.0 Å². The largest absolute Gasteiger partial charge is 0.381 e. The Balaban J connectivity index is 2.68. The van der Waals surface area contributed by atoms with Crippen molar-refractivity contribution in [3.63, 3.8) is 0 Å². The number of sulfonamides is 1. The molecule has 2 N–H and O–H groups in total. The van der Waals surface area contributed by atoms with Crippen molar-refractivity contribution in [2.75, 3.05) is 16.3 Å². The van der Waals surface area contributed by atoms with Crippen LogP contribution in [0.4, 0.5) is 11.5 Å². The summed E-state index contributed by atoms with van der Waals surface area (Å²) in [6.07, 6.45) is 3.73. The molecule has 1 aromatic rings. The number of nitrogens with one attached hydrogen (secondary N) is 2. The molecular weight excluding hydrogens is 226 g/mol. The monoisotopic (exact) mass is 243 g/mol. The summed E-state index contributed by atoms with van der Waals surface area (Å²) in [4.78, 5) is 4.00. The maximum atomic E-state index is 10.9.